The van der Waals surface area contributed by atoms with Crippen LogP contribution in [-0.2, 0) is 11.2 Å². The second-order valence-corrected chi connectivity index (χ2v) is 5.59. The zero-order chi connectivity index (χ0) is 17.6. The van der Waals surface area contributed by atoms with E-state index in [-0.39, 0.29) is 24.2 Å². The number of nitrogens with one attached hydrogen (secondary N) is 1. The van der Waals surface area contributed by atoms with Crippen molar-refractivity contribution in [3.8, 4) is 11.4 Å². The van der Waals surface area contributed by atoms with E-state index in [1.807, 2.05) is 13.0 Å². The Bertz CT molecular complexity index is 834. The standard InChI is InChI=1S/C18H17FN4O2/c1-12(13-4-6-15(19)7-5-13)21-16(24)8-9-17-22-18(23-25-17)14-3-2-10-20-11-14/h2-7,10-12H,8-9H2,1H3,(H,21,24). The fourth-order valence-corrected chi connectivity index (χ4v) is 2.34. The van der Waals surface area contributed by atoms with Crippen molar-refractivity contribution in [3.63, 3.8) is 0 Å². The number of hydrogen-bond acceptors (Lipinski definition) is 5. The fourth-order valence-electron chi connectivity index (χ4n) is 2.34. The van der Waals surface area contributed by atoms with Gasteiger partial charge in [-0.1, -0.05) is 17.3 Å². The normalized spacial score (nSPS) is 11.9. The number of benzene rings is 1. The maximum Gasteiger partial charge on any atom is 0.227 e. The Hall–Kier alpha value is -3.09. The summed E-state index contributed by atoms with van der Waals surface area (Å²) >= 11 is 0. The molecule has 25 heavy (non-hydrogen) atoms. The Morgan fingerprint density at radius 2 is 2.08 bits per heavy atom. The molecule has 0 bridgehead atoms. The maximum atomic E-state index is 12.9. The van der Waals surface area contributed by atoms with Crippen LogP contribution in [0, 0.1) is 5.82 Å². The van der Waals surface area contributed by atoms with Gasteiger partial charge in [-0.2, -0.15) is 4.98 Å². The second kappa shape index (κ2) is 7.65. The Balaban J connectivity index is 1.52. The van der Waals surface area contributed by atoms with Gasteiger partial charge in [0.15, 0.2) is 0 Å². The first-order valence-electron chi connectivity index (χ1n) is 7.89. The summed E-state index contributed by atoms with van der Waals surface area (Å²) in [5.41, 5.74) is 1.60. The number of hydrogen-bond donors (Lipinski definition) is 1. The van der Waals surface area contributed by atoms with Crippen molar-refractivity contribution in [2.24, 2.45) is 0 Å². The van der Waals surface area contributed by atoms with Crippen LogP contribution in [-0.4, -0.2) is 21.0 Å². The molecule has 1 aromatic carbocycles. The van der Waals surface area contributed by atoms with Gasteiger partial charge in [0.05, 0.1) is 6.04 Å². The van der Waals surface area contributed by atoms with E-state index in [9.17, 15) is 9.18 Å². The summed E-state index contributed by atoms with van der Waals surface area (Å²) in [5, 5.41) is 6.75. The Labute approximate surface area is 144 Å². The number of amides is 1. The van der Waals surface area contributed by atoms with Crippen LogP contribution in [0.1, 0.15) is 30.8 Å². The molecule has 0 radical (unpaired) electrons. The topological polar surface area (TPSA) is 80.9 Å². The lowest BCUT2D eigenvalue weighted by Crippen LogP contribution is -2.26. The van der Waals surface area contributed by atoms with E-state index >= 15 is 0 Å². The van der Waals surface area contributed by atoms with Gasteiger partial charge in [0.1, 0.15) is 5.82 Å². The number of nitrogens with zero attached hydrogens (tertiary/aromatic N) is 3. The highest BCUT2D eigenvalue weighted by Crippen LogP contribution is 2.15. The fraction of sp³-hybridized carbons (Fsp3) is 0.222. The lowest BCUT2D eigenvalue weighted by atomic mass is 10.1. The number of aromatic nitrogens is 3. The number of carbonyl (C=O) groups excluding carboxylic acids is 1. The Kier molecular flexibility index (Phi) is 5.13. The third-order valence-electron chi connectivity index (χ3n) is 3.70. The first-order chi connectivity index (χ1) is 12.1. The van der Waals surface area contributed by atoms with Crippen LogP contribution >= 0.6 is 0 Å². The average molecular weight is 340 g/mol. The molecular weight excluding hydrogens is 323 g/mol. The molecule has 0 spiro atoms. The molecule has 0 aliphatic rings. The van der Waals surface area contributed by atoms with Crippen molar-refractivity contribution in [1.82, 2.24) is 20.4 Å². The van der Waals surface area contributed by atoms with Gasteiger partial charge in [-0.25, -0.2) is 4.39 Å². The van der Waals surface area contributed by atoms with Crippen LogP contribution in [0.25, 0.3) is 11.4 Å². The number of halogens is 1. The van der Waals surface area contributed by atoms with Crippen molar-refractivity contribution >= 4 is 5.91 Å². The number of pyridine rings is 1. The maximum absolute atomic E-state index is 12.9. The molecule has 7 heteroatoms. The van der Waals surface area contributed by atoms with E-state index in [4.69, 9.17) is 4.52 Å². The van der Waals surface area contributed by atoms with E-state index in [1.54, 1.807) is 30.6 Å². The minimum Gasteiger partial charge on any atom is -0.350 e. The van der Waals surface area contributed by atoms with Crippen molar-refractivity contribution in [1.29, 1.82) is 0 Å². The van der Waals surface area contributed by atoms with Gasteiger partial charge in [-0.05, 0) is 36.8 Å². The zero-order valence-electron chi connectivity index (χ0n) is 13.6. The molecule has 3 aromatic rings. The highest BCUT2D eigenvalue weighted by atomic mass is 19.1. The molecule has 1 amide bonds. The third kappa shape index (κ3) is 4.47. The summed E-state index contributed by atoms with van der Waals surface area (Å²) in [6.07, 6.45) is 3.87. The molecule has 0 aliphatic heterocycles. The second-order valence-electron chi connectivity index (χ2n) is 5.59. The summed E-state index contributed by atoms with van der Waals surface area (Å²) in [6, 6.07) is 9.46. The predicted molar refractivity (Wildman–Crippen MR) is 88.8 cm³/mol. The third-order valence-corrected chi connectivity index (χ3v) is 3.70. The van der Waals surface area contributed by atoms with Crippen LogP contribution < -0.4 is 5.32 Å². The summed E-state index contributed by atoms with van der Waals surface area (Å²) in [4.78, 5) is 20.3. The molecular formula is C18H17FN4O2. The molecule has 0 saturated carbocycles. The average Bonchev–Trinajstić information content (AvgIpc) is 3.10. The SMILES string of the molecule is CC(NC(=O)CCc1nc(-c2cccnc2)no1)c1ccc(F)cc1. The highest BCUT2D eigenvalue weighted by molar-refractivity contribution is 5.76. The van der Waals surface area contributed by atoms with E-state index in [2.05, 4.69) is 20.4 Å². The van der Waals surface area contributed by atoms with Gasteiger partial charge in [-0.3, -0.25) is 9.78 Å². The van der Waals surface area contributed by atoms with Gasteiger partial charge in [0, 0.05) is 30.8 Å². The molecule has 1 unspecified atom stereocenters. The van der Waals surface area contributed by atoms with Gasteiger partial charge in [0.2, 0.25) is 17.6 Å². The minimum absolute atomic E-state index is 0.141. The molecule has 1 atom stereocenters. The number of rotatable bonds is 6. The van der Waals surface area contributed by atoms with Crippen molar-refractivity contribution < 1.29 is 13.7 Å². The van der Waals surface area contributed by atoms with E-state index in [1.165, 1.54) is 12.1 Å². The smallest absolute Gasteiger partial charge is 0.227 e. The van der Waals surface area contributed by atoms with E-state index in [0.717, 1.165) is 11.1 Å². The van der Waals surface area contributed by atoms with Gasteiger partial charge < -0.3 is 9.84 Å². The molecule has 2 aromatic heterocycles. The zero-order valence-corrected chi connectivity index (χ0v) is 13.6. The van der Waals surface area contributed by atoms with Crippen LogP contribution in [0.4, 0.5) is 4.39 Å². The molecule has 6 nitrogen and oxygen atoms in total. The first-order valence-corrected chi connectivity index (χ1v) is 7.89. The Morgan fingerprint density at radius 1 is 1.28 bits per heavy atom. The molecule has 0 saturated heterocycles. The van der Waals surface area contributed by atoms with Crippen LogP contribution in [0.2, 0.25) is 0 Å². The summed E-state index contributed by atoms with van der Waals surface area (Å²) in [6.45, 7) is 1.85. The minimum atomic E-state index is -0.303. The monoisotopic (exact) mass is 340 g/mol. The van der Waals surface area contributed by atoms with Crippen LogP contribution in [0.5, 0.6) is 0 Å². The molecule has 3 rings (SSSR count). The van der Waals surface area contributed by atoms with Crippen molar-refractivity contribution in [3.05, 3.63) is 66.1 Å². The molecule has 1 N–H and O–H groups in total. The molecule has 128 valence electrons. The van der Waals surface area contributed by atoms with Crippen molar-refractivity contribution in [2.45, 2.75) is 25.8 Å². The van der Waals surface area contributed by atoms with Crippen molar-refractivity contribution in [2.75, 3.05) is 0 Å². The van der Waals surface area contributed by atoms with E-state index < -0.39 is 0 Å². The number of carbonyl (C=O) groups is 1. The van der Waals surface area contributed by atoms with Crippen LogP contribution in [0.15, 0.2) is 53.3 Å². The molecule has 2 heterocycles. The van der Waals surface area contributed by atoms with Crippen LogP contribution in [0.3, 0.4) is 0 Å². The lowest BCUT2D eigenvalue weighted by molar-refractivity contribution is -0.121. The summed E-state index contributed by atoms with van der Waals surface area (Å²) in [7, 11) is 0. The predicted octanol–water partition coefficient (Wildman–Crippen LogP) is 3.08. The van der Waals surface area contributed by atoms with Gasteiger partial charge in [-0.15, -0.1) is 0 Å². The number of aryl methyl sites for hydroxylation is 1. The van der Waals surface area contributed by atoms with E-state index in [0.29, 0.717) is 18.1 Å². The Morgan fingerprint density at radius 3 is 2.80 bits per heavy atom. The summed E-state index contributed by atoms with van der Waals surface area (Å²) in [5.74, 6) is 0.396. The largest absolute Gasteiger partial charge is 0.350 e. The van der Waals surface area contributed by atoms with Gasteiger partial charge in [0.25, 0.3) is 0 Å². The first kappa shape index (κ1) is 16.8. The quantitative estimate of drug-likeness (QED) is 0.746. The van der Waals surface area contributed by atoms with Gasteiger partial charge >= 0.3 is 0 Å². The molecule has 0 aliphatic carbocycles. The molecule has 0 fully saturated rings. The lowest BCUT2D eigenvalue weighted by Gasteiger charge is -2.13. The summed E-state index contributed by atoms with van der Waals surface area (Å²) < 4.78 is 18.1. The highest BCUT2D eigenvalue weighted by Gasteiger charge is 2.13.